The van der Waals surface area contributed by atoms with Crippen molar-refractivity contribution in [3.63, 3.8) is 0 Å². The number of hydrogen-bond acceptors (Lipinski definition) is 5. The number of nitrogens with zero attached hydrogens (tertiary/aromatic N) is 2. The third kappa shape index (κ3) is 5.91. The maximum absolute atomic E-state index is 12.4. The fourth-order valence-corrected chi connectivity index (χ4v) is 2.84. The number of amides is 1. The van der Waals surface area contributed by atoms with Gasteiger partial charge in [0.2, 0.25) is 0 Å². The molecule has 0 spiro atoms. The maximum Gasteiger partial charge on any atom is 0.273 e. The van der Waals surface area contributed by atoms with Gasteiger partial charge in [-0.25, -0.2) is 0 Å². The second-order valence-corrected chi connectivity index (χ2v) is 6.45. The van der Waals surface area contributed by atoms with E-state index in [1.165, 1.54) is 0 Å². The lowest BCUT2D eigenvalue weighted by Gasteiger charge is -2.10. The fourth-order valence-electron chi connectivity index (χ4n) is 2.84. The Balaban J connectivity index is 0.000000343. The first-order valence-electron chi connectivity index (χ1n) is 9.50. The summed E-state index contributed by atoms with van der Waals surface area (Å²) in [6.45, 7) is 3.83. The van der Waals surface area contributed by atoms with Gasteiger partial charge in [-0.3, -0.25) is 9.48 Å². The van der Waals surface area contributed by atoms with E-state index in [4.69, 9.17) is 9.47 Å². The molecule has 0 unspecified atom stereocenters. The number of ether oxygens (including phenoxy) is 2. The predicted molar refractivity (Wildman–Crippen MR) is 113 cm³/mol. The minimum Gasteiger partial charge on any atom is -0.497 e. The van der Waals surface area contributed by atoms with Crippen LogP contribution in [0.2, 0.25) is 0 Å². The van der Waals surface area contributed by atoms with Crippen LogP contribution in [0.4, 0.5) is 5.69 Å². The molecule has 7 nitrogen and oxygen atoms in total. The van der Waals surface area contributed by atoms with E-state index in [2.05, 4.69) is 15.7 Å². The van der Waals surface area contributed by atoms with E-state index in [0.717, 1.165) is 49.0 Å². The summed E-state index contributed by atoms with van der Waals surface area (Å²) in [5.74, 6) is 0.559. The van der Waals surface area contributed by atoms with Crippen molar-refractivity contribution in [3.8, 4) is 17.0 Å². The predicted octanol–water partition coefficient (Wildman–Crippen LogP) is 2.95. The number of rotatable bonds is 4. The van der Waals surface area contributed by atoms with Crippen LogP contribution in [0.15, 0.2) is 60.7 Å². The molecule has 1 aromatic heterocycles. The summed E-state index contributed by atoms with van der Waals surface area (Å²) >= 11 is 0. The number of aryl methyl sites for hydroxylation is 1. The first kappa shape index (κ1) is 20.6. The number of aromatic nitrogens is 2. The third-order valence-electron chi connectivity index (χ3n) is 4.36. The number of carbonyl (C=O) groups excluding carboxylic acids is 1. The molecular formula is C22H26N4O3. The van der Waals surface area contributed by atoms with Gasteiger partial charge < -0.3 is 20.1 Å². The number of methoxy groups -OCH3 is 1. The van der Waals surface area contributed by atoms with E-state index in [1.54, 1.807) is 24.9 Å². The molecule has 2 N–H and O–H groups in total. The zero-order valence-corrected chi connectivity index (χ0v) is 16.7. The first-order valence-corrected chi connectivity index (χ1v) is 9.50. The van der Waals surface area contributed by atoms with E-state index in [-0.39, 0.29) is 5.91 Å². The normalized spacial score (nSPS) is 13.2. The highest BCUT2D eigenvalue weighted by Gasteiger charge is 2.14. The largest absolute Gasteiger partial charge is 0.497 e. The highest BCUT2D eigenvalue weighted by molar-refractivity contribution is 6.03. The summed E-state index contributed by atoms with van der Waals surface area (Å²) in [5.41, 5.74) is 2.87. The third-order valence-corrected chi connectivity index (χ3v) is 4.36. The van der Waals surface area contributed by atoms with Crippen LogP contribution in [0.5, 0.6) is 5.75 Å². The van der Waals surface area contributed by atoms with Crippen LogP contribution in [0.25, 0.3) is 11.3 Å². The highest BCUT2D eigenvalue weighted by Crippen LogP contribution is 2.23. The van der Waals surface area contributed by atoms with Gasteiger partial charge in [-0.1, -0.05) is 30.3 Å². The minimum atomic E-state index is -0.194. The van der Waals surface area contributed by atoms with Crippen LogP contribution < -0.4 is 15.4 Å². The maximum atomic E-state index is 12.4. The van der Waals surface area contributed by atoms with Crippen molar-refractivity contribution in [2.75, 3.05) is 38.7 Å². The van der Waals surface area contributed by atoms with Crippen molar-refractivity contribution >= 4 is 11.6 Å². The van der Waals surface area contributed by atoms with E-state index in [0.29, 0.717) is 5.69 Å². The Kier molecular flexibility index (Phi) is 7.38. The molecule has 7 heteroatoms. The van der Waals surface area contributed by atoms with E-state index >= 15 is 0 Å². The monoisotopic (exact) mass is 394 g/mol. The molecule has 1 aliphatic heterocycles. The molecule has 1 saturated heterocycles. The zero-order valence-electron chi connectivity index (χ0n) is 16.7. The summed E-state index contributed by atoms with van der Waals surface area (Å²) in [6, 6.07) is 18.7. The molecule has 0 radical (unpaired) electrons. The molecule has 2 aromatic carbocycles. The average molecular weight is 394 g/mol. The van der Waals surface area contributed by atoms with Gasteiger partial charge in [0.25, 0.3) is 5.91 Å². The van der Waals surface area contributed by atoms with Crippen LogP contribution in [0, 0.1) is 0 Å². The second-order valence-electron chi connectivity index (χ2n) is 6.45. The fraction of sp³-hybridized carbons (Fsp3) is 0.273. The SMILES string of the molecule is C1COCCN1.COc1cccc(-c2cc(C(=O)Nc3ccccc3)n(C)n2)c1. The van der Waals surface area contributed by atoms with Crippen molar-refractivity contribution in [1.82, 2.24) is 15.1 Å². The van der Waals surface area contributed by atoms with Crippen LogP contribution in [0.1, 0.15) is 10.5 Å². The Labute approximate surface area is 170 Å². The molecule has 3 aromatic rings. The molecule has 0 atom stereocenters. The van der Waals surface area contributed by atoms with Crippen LogP contribution >= 0.6 is 0 Å². The van der Waals surface area contributed by atoms with Gasteiger partial charge in [0.05, 0.1) is 26.0 Å². The number of benzene rings is 2. The summed E-state index contributed by atoms with van der Waals surface area (Å²) in [4.78, 5) is 12.4. The summed E-state index contributed by atoms with van der Waals surface area (Å²) in [6.07, 6.45) is 0. The standard InChI is InChI=1S/C18H17N3O2.C4H9NO/c1-21-17(18(22)19-14-8-4-3-5-9-14)12-16(20-21)13-7-6-10-15(11-13)23-2;1-3-6-4-2-5-1/h3-12H,1-2H3,(H,19,22);5H,1-4H2. The van der Waals surface area contributed by atoms with Gasteiger partial charge in [-0.2, -0.15) is 5.10 Å². The zero-order chi connectivity index (χ0) is 20.5. The molecule has 1 aliphatic rings. The van der Waals surface area contributed by atoms with E-state index in [9.17, 15) is 4.79 Å². The van der Waals surface area contributed by atoms with Crippen molar-refractivity contribution in [2.24, 2.45) is 7.05 Å². The number of para-hydroxylation sites is 1. The summed E-state index contributed by atoms with van der Waals surface area (Å²) in [7, 11) is 3.37. The molecule has 1 amide bonds. The molecule has 0 aliphatic carbocycles. The Hall–Kier alpha value is -3.16. The molecule has 2 heterocycles. The quantitative estimate of drug-likeness (QED) is 0.711. The van der Waals surface area contributed by atoms with E-state index in [1.807, 2.05) is 54.6 Å². The van der Waals surface area contributed by atoms with Crippen LogP contribution in [0.3, 0.4) is 0 Å². The molecule has 0 saturated carbocycles. The Morgan fingerprint density at radius 1 is 1.10 bits per heavy atom. The lowest BCUT2D eigenvalue weighted by Crippen LogP contribution is -2.30. The van der Waals surface area contributed by atoms with E-state index < -0.39 is 0 Å². The highest BCUT2D eigenvalue weighted by atomic mass is 16.5. The van der Waals surface area contributed by atoms with Crippen molar-refractivity contribution < 1.29 is 14.3 Å². The second kappa shape index (κ2) is 10.4. The molecule has 4 rings (SSSR count). The Morgan fingerprint density at radius 2 is 1.86 bits per heavy atom. The topological polar surface area (TPSA) is 77.4 Å². The summed E-state index contributed by atoms with van der Waals surface area (Å²) < 4.78 is 11.8. The minimum absolute atomic E-state index is 0.194. The number of carbonyl (C=O) groups is 1. The van der Waals surface area contributed by atoms with Gasteiger partial charge in [-0.15, -0.1) is 0 Å². The summed E-state index contributed by atoms with van der Waals surface area (Å²) in [5, 5.41) is 10.4. The van der Waals surface area contributed by atoms with Crippen molar-refractivity contribution in [1.29, 1.82) is 0 Å². The first-order chi connectivity index (χ1) is 14.2. The average Bonchev–Trinajstić information content (AvgIpc) is 3.18. The van der Waals surface area contributed by atoms with Gasteiger partial charge in [-0.05, 0) is 30.3 Å². The number of morpholine rings is 1. The molecule has 1 fully saturated rings. The lowest BCUT2D eigenvalue weighted by molar-refractivity contribution is 0.101. The van der Waals surface area contributed by atoms with Gasteiger partial charge >= 0.3 is 0 Å². The van der Waals surface area contributed by atoms with Crippen molar-refractivity contribution in [3.05, 3.63) is 66.4 Å². The van der Waals surface area contributed by atoms with Gasteiger partial charge in [0.15, 0.2) is 0 Å². The van der Waals surface area contributed by atoms with Gasteiger partial charge in [0.1, 0.15) is 11.4 Å². The number of nitrogens with one attached hydrogen (secondary N) is 2. The lowest BCUT2D eigenvalue weighted by atomic mass is 10.1. The van der Waals surface area contributed by atoms with Crippen LogP contribution in [-0.4, -0.2) is 49.1 Å². The van der Waals surface area contributed by atoms with Crippen LogP contribution in [-0.2, 0) is 11.8 Å². The molecular weight excluding hydrogens is 368 g/mol. The molecule has 29 heavy (non-hydrogen) atoms. The van der Waals surface area contributed by atoms with Crippen molar-refractivity contribution in [2.45, 2.75) is 0 Å². The Bertz CT molecular complexity index is 909. The molecule has 0 bridgehead atoms. The smallest absolute Gasteiger partial charge is 0.273 e. The van der Waals surface area contributed by atoms with Gasteiger partial charge in [0, 0.05) is 31.4 Å². The number of hydrogen-bond donors (Lipinski definition) is 2. The Morgan fingerprint density at radius 3 is 2.48 bits per heavy atom. The number of anilines is 1. The molecule has 152 valence electrons.